The smallest absolute Gasteiger partial charge is 0.407 e. The molecule has 2 unspecified atom stereocenters. The highest BCUT2D eigenvalue weighted by molar-refractivity contribution is 5.87. The maximum atomic E-state index is 12.5. The number of aliphatic carboxylic acids is 1. The van der Waals surface area contributed by atoms with Crippen LogP contribution >= 0.6 is 0 Å². The predicted octanol–water partition coefficient (Wildman–Crippen LogP) is 3.55. The molecule has 2 amide bonds. The van der Waals surface area contributed by atoms with Gasteiger partial charge in [0.05, 0.1) is 12.2 Å². The third-order valence-electron chi connectivity index (χ3n) is 6.41. The first-order valence-electron chi connectivity index (χ1n) is 11.9. The van der Waals surface area contributed by atoms with Gasteiger partial charge in [-0.15, -0.1) is 0 Å². The van der Waals surface area contributed by atoms with Crippen molar-refractivity contribution in [3.8, 4) is 11.1 Å². The summed E-state index contributed by atoms with van der Waals surface area (Å²) in [6.07, 6.45) is 0.0574. The molecule has 186 valence electrons. The number of carbonyl (C=O) groups is 3. The minimum absolute atomic E-state index is 0.0177. The van der Waals surface area contributed by atoms with E-state index >= 15 is 0 Å². The summed E-state index contributed by atoms with van der Waals surface area (Å²) >= 11 is 0. The van der Waals surface area contributed by atoms with Crippen LogP contribution in [-0.2, 0) is 19.1 Å². The molecule has 3 N–H and O–H groups in total. The molecule has 2 aromatic rings. The number of alkyl carbamates (subject to hydrolysis) is 1. The summed E-state index contributed by atoms with van der Waals surface area (Å²) in [7, 11) is 0. The Morgan fingerprint density at radius 2 is 1.63 bits per heavy atom. The number of fused-ring (bicyclic) bond motifs is 3. The summed E-state index contributed by atoms with van der Waals surface area (Å²) < 4.78 is 11.0. The third-order valence-corrected chi connectivity index (χ3v) is 6.41. The van der Waals surface area contributed by atoms with E-state index in [-0.39, 0.29) is 36.9 Å². The monoisotopic (exact) mass is 480 g/mol. The molecule has 8 nitrogen and oxygen atoms in total. The molecule has 0 radical (unpaired) electrons. The van der Waals surface area contributed by atoms with E-state index in [0.29, 0.717) is 13.0 Å². The largest absolute Gasteiger partial charge is 0.480 e. The molecule has 1 saturated carbocycles. The highest BCUT2D eigenvalue weighted by Crippen LogP contribution is 2.44. The molecular formula is C27H32N2O6. The normalized spacial score (nSPS) is 19.3. The molecule has 0 aromatic heterocycles. The molecule has 2 aromatic carbocycles. The molecule has 8 heteroatoms. The standard InChI is InChI=1S/C27H32N2O6/c1-27(2,3)35-15-23(25(31)32)29-24(30)21-12-16(21)13-28-26(33)34-14-22-19-10-6-4-8-17(19)18-9-5-7-11-20(18)22/h4-11,16,21-23H,12-15H2,1-3H3,(H,28,33)(H,29,30)(H,31,32)/t16?,21?,23-/m0/s1. The lowest BCUT2D eigenvalue weighted by atomic mass is 9.98. The molecular weight excluding hydrogens is 448 g/mol. The Hall–Kier alpha value is -3.39. The Balaban J connectivity index is 1.23. The number of carboxylic acid groups (broad SMARTS) is 1. The summed E-state index contributed by atoms with van der Waals surface area (Å²) in [6, 6.07) is 15.2. The zero-order valence-corrected chi connectivity index (χ0v) is 20.2. The van der Waals surface area contributed by atoms with Crippen LogP contribution in [-0.4, -0.2) is 54.5 Å². The average Bonchev–Trinajstić information content (AvgIpc) is 3.53. The van der Waals surface area contributed by atoms with E-state index < -0.39 is 23.7 Å². The molecule has 1 fully saturated rings. The van der Waals surface area contributed by atoms with Crippen LogP contribution in [0.1, 0.15) is 44.2 Å². The van der Waals surface area contributed by atoms with Gasteiger partial charge in [-0.05, 0) is 55.4 Å². The topological polar surface area (TPSA) is 114 Å². The van der Waals surface area contributed by atoms with E-state index in [0.717, 1.165) is 22.3 Å². The highest BCUT2D eigenvalue weighted by Gasteiger charge is 2.44. The maximum absolute atomic E-state index is 12.5. The molecule has 3 atom stereocenters. The van der Waals surface area contributed by atoms with Gasteiger partial charge in [0.1, 0.15) is 6.61 Å². The number of rotatable bonds is 9. The van der Waals surface area contributed by atoms with Gasteiger partial charge in [-0.1, -0.05) is 48.5 Å². The van der Waals surface area contributed by atoms with Gasteiger partial charge in [0.15, 0.2) is 6.04 Å². The summed E-state index contributed by atoms with van der Waals surface area (Å²) in [4.78, 5) is 36.3. The fourth-order valence-electron chi connectivity index (χ4n) is 4.44. The summed E-state index contributed by atoms with van der Waals surface area (Å²) in [5, 5.41) is 14.6. The molecule has 2 aliphatic rings. The number of nitrogens with one attached hydrogen (secondary N) is 2. The Kier molecular flexibility index (Phi) is 7.12. The number of carbonyl (C=O) groups excluding carboxylic acids is 2. The molecule has 4 rings (SSSR count). The second-order valence-corrected chi connectivity index (χ2v) is 10.1. The SMILES string of the molecule is CC(C)(C)OC[C@H](NC(=O)C1CC1CNC(=O)OCC1c2ccccc2-c2ccccc21)C(=O)O. The highest BCUT2D eigenvalue weighted by atomic mass is 16.5. The van der Waals surface area contributed by atoms with Gasteiger partial charge >= 0.3 is 12.1 Å². The van der Waals surface area contributed by atoms with Crippen LogP contribution in [0.25, 0.3) is 11.1 Å². The predicted molar refractivity (Wildman–Crippen MR) is 130 cm³/mol. The number of ether oxygens (including phenoxy) is 2. The number of amides is 2. The summed E-state index contributed by atoms with van der Waals surface area (Å²) in [5.41, 5.74) is 4.11. The number of carboxylic acids is 1. The Morgan fingerprint density at radius 3 is 2.20 bits per heavy atom. The average molecular weight is 481 g/mol. The van der Waals surface area contributed by atoms with Gasteiger partial charge in [-0.3, -0.25) is 4.79 Å². The van der Waals surface area contributed by atoms with Crippen LogP contribution < -0.4 is 10.6 Å². The van der Waals surface area contributed by atoms with Crippen molar-refractivity contribution in [3.63, 3.8) is 0 Å². The Morgan fingerprint density at radius 1 is 1.03 bits per heavy atom. The fraction of sp³-hybridized carbons (Fsp3) is 0.444. The van der Waals surface area contributed by atoms with Crippen molar-refractivity contribution in [1.82, 2.24) is 10.6 Å². The number of benzene rings is 2. The minimum atomic E-state index is -1.14. The lowest BCUT2D eigenvalue weighted by Gasteiger charge is -2.23. The van der Waals surface area contributed by atoms with Gasteiger partial charge in [0.2, 0.25) is 5.91 Å². The first-order valence-corrected chi connectivity index (χ1v) is 11.9. The van der Waals surface area contributed by atoms with Crippen molar-refractivity contribution < 1.29 is 29.0 Å². The molecule has 0 bridgehead atoms. The van der Waals surface area contributed by atoms with Crippen LogP contribution in [0.15, 0.2) is 48.5 Å². The summed E-state index contributed by atoms with van der Waals surface area (Å²) in [5.74, 6) is -1.88. The maximum Gasteiger partial charge on any atom is 0.407 e. The molecule has 2 aliphatic carbocycles. The van der Waals surface area contributed by atoms with E-state index in [1.54, 1.807) is 0 Å². The zero-order chi connectivity index (χ0) is 25.2. The molecule has 0 spiro atoms. The lowest BCUT2D eigenvalue weighted by Crippen LogP contribution is -2.46. The first kappa shape index (κ1) is 24.7. The second kappa shape index (κ2) is 10.1. The van der Waals surface area contributed by atoms with E-state index in [2.05, 4.69) is 34.9 Å². The van der Waals surface area contributed by atoms with Crippen molar-refractivity contribution >= 4 is 18.0 Å². The third kappa shape index (κ3) is 6.00. The van der Waals surface area contributed by atoms with E-state index in [4.69, 9.17) is 9.47 Å². The van der Waals surface area contributed by atoms with E-state index in [1.165, 1.54) is 0 Å². The van der Waals surface area contributed by atoms with Gasteiger partial charge in [-0.25, -0.2) is 9.59 Å². The van der Waals surface area contributed by atoms with Gasteiger partial charge in [0.25, 0.3) is 0 Å². The van der Waals surface area contributed by atoms with E-state index in [1.807, 2.05) is 45.0 Å². The first-order chi connectivity index (χ1) is 16.6. The van der Waals surface area contributed by atoms with Crippen molar-refractivity contribution in [2.45, 2.75) is 44.8 Å². The molecule has 0 aliphatic heterocycles. The van der Waals surface area contributed by atoms with Crippen LogP contribution in [0, 0.1) is 11.8 Å². The van der Waals surface area contributed by atoms with Crippen molar-refractivity contribution in [1.29, 1.82) is 0 Å². The quantitative estimate of drug-likeness (QED) is 0.506. The van der Waals surface area contributed by atoms with Crippen LogP contribution in [0.3, 0.4) is 0 Å². The van der Waals surface area contributed by atoms with Gasteiger partial charge < -0.3 is 25.2 Å². The fourth-order valence-corrected chi connectivity index (χ4v) is 4.44. The second-order valence-electron chi connectivity index (χ2n) is 10.1. The molecule has 0 saturated heterocycles. The van der Waals surface area contributed by atoms with Crippen LogP contribution in [0.5, 0.6) is 0 Å². The zero-order valence-electron chi connectivity index (χ0n) is 20.2. The van der Waals surface area contributed by atoms with Crippen molar-refractivity contribution in [2.24, 2.45) is 11.8 Å². The van der Waals surface area contributed by atoms with Crippen LogP contribution in [0.2, 0.25) is 0 Å². The Labute approximate surface area is 205 Å². The molecule has 0 heterocycles. The lowest BCUT2D eigenvalue weighted by molar-refractivity contribution is -0.145. The van der Waals surface area contributed by atoms with Crippen molar-refractivity contribution in [3.05, 3.63) is 59.7 Å². The molecule has 35 heavy (non-hydrogen) atoms. The van der Waals surface area contributed by atoms with Crippen molar-refractivity contribution in [2.75, 3.05) is 19.8 Å². The van der Waals surface area contributed by atoms with Gasteiger partial charge in [0, 0.05) is 18.4 Å². The van der Waals surface area contributed by atoms with E-state index in [9.17, 15) is 19.5 Å². The van der Waals surface area contributed by atoms with Crippen LogP contribution in [0.4, 0.5) is 4.79 Å². The number of hydrogen-bond donors (Lipinski definition) is 3. The number of hydrogen-bond acceptors (Lipinski definition) is 5. The Bertz CT molecular complexity index is 1060. The van der Waals surface area contributed by atoms with Gasteiger partial charge in [-0.2, -0.15) is 0 Å². The minimum Gasteiger partial charge on any atom is -0.480 e. The summed E-state index contributed by atoms with van der Waals surface area (Å²) in [6.45, 7) is 5.87.